The number of carboxylic acids is 1. The Morgan fingerprint density at radius 2 is 1.95 bits per heavy atom. The Hall–Kier alpha value is -2.56. The van der Waals surface area contributed by atoms with Crippen LogP contribution >= 0.6 is 34.8 Å². The van der Waals surface area contributed by atoms with Gasteiger partial charge in [0.15, 0.2) is 0 Å². The zero-order chi connectivity index (χ0) is 27.9. The van der Waals surface area contributed by atoms with Gasteiger partial charge >= 0.3 is 5.97 Å². The van der Waals surface area contributed by atoms with Crippen LogP contribution in [0.4, 0.5) is 4.39 Å². The number of pyridine rings is 1. The van der Waals surface area contributed by atoms with Gasteiger partial charge in [-0.3, -0.25) is 14.7 Å². The molecule has 4 rings (SSSR count). The molecular weight excluding hydrogens is 562 g/mol. The molecule has 1 fully saturated rings. The number of carboxylic acid groups (broad SMARTS) is 1. The highest BCUT2D eigenvalue weighted by Gasteiger charge is 2.30. The van der Waals surface area contributed by atoms with Crippen molar-refractivity contribution >= 4 is 51.7 Å². The molecule has 3 aromatic rings. The number of likely N-dealkylation sites (tertiary alicyclic amines) is 1. The molecule has 0 bridgehead atoms. The maximum absolute atomic E-state index is 15.6. The Morgan fingerprint density at radius 3 is 2.67 bits per heavy atom. The molecule has 0 aliphatic carbocycles. The summed E-state index contributed by atoms with van der Waals surface area (Å²) in [6.07, 6.45) is 3.01. The summed E-state index contributed by atoms with van der Waals surface area (Å²) in [6, 6.07) is 10.4. The van der Waals surface area contributed by atoms with Crippen molar-refractivity contribution in [2.24, 2.45) is 11.8 Å². The van der Waals surface area contributed by atoms with Crippen molar-refractivity contribution in [1.82, 2.24) is 9.88 Å². The number of hydrogen-bond donors (Lipinski definition) is 1. The number of ether oxygens (including phenoxy) is 1. The van der Waals surface area contributed by atoms with E-state index in [0.717, 1.165) is 23.9 Å². The lowest BCUT2D eigenvalue weighted by atomic mass is 9.79. The first-order valence-corrected chi connectivity index (χ1v) is 14.0. The van der Waals surface area contributed by atoms with E-state index in [4.69, 9.17) is 39.5 Å². The van der Waals surface area contributed by atoms with Gasteiger partial charge in [-0.15, -0.1) is 0 Å². The second-order valence-corrected chi connectivity index (χ2v) is 11.1. The normalized spacial score (nSPS) is 18.4. The number of methoxy groups -OCH3 is 1. The Balaban J connectivity index is 1.41. The monoisotopic (exact) mass is 590 g/mol. The van der Waals surface area contributed by atoms with E-state index in [0.29, 0.717) is 64.3 Å². The molecule has 1 saturated heterocycles. The highest BCUT2D eigenvalue weighted by molar-refractivity contribution is 6.39. The number of nitrogens with zero attached hydrogens (tertiary/aromatic N) is 2. The fraction of sp³-hybridized carbons (Fsp3) is 0.400. The van der Waals surface area contributed by atoms with Crippen LogP contribution < -0.4 is 4.74 Å². The van der Waals surface area contributed by atoms with Crippen LogP contribution in [0.1, 0.15) is 49.4 Å². The quantitative estimate of drug-likeness (QED) is 0.257. The molecule has 39 heavy (non-hydrogen) atoms. The van der Waals surface area contributed by atoms with E-state index < -0.39 is 12.1 Å². The summed E-state index contributed by atoms with van der Waals surface area (Å²) in [6.45, 7) is 2.01. The van der Waals surface area contributed by atoms with E-state index in [9.17, 15) is 9.90 Å². The Labute approximate surface area is 243 Å². The van der Waals surface area contributed by atoms with Crippen molar-refractivity contribution in [3.8, 4) is 17.6 Å². The highest BCUT2D eigenvalue weighted by atomic mass is 35.5. The van der Waals surface area contributed by atoms with E-state index in [-0.39, 0.29) is 18.3 Å². The van der Waals surface area contributed by atoms with Crippen molar-refractivity contribution in [3.05, 3.63) is 68.8 Å². The predicted octanol–water partition coefficient (Wildman–Crippen LogP) is 7.85. The molecule has 0 spiro atoms. The van der Waals surface area contributed by atoms with Crippen LogP contribution in [0.2, 0.25) is 15.1 Å². The second-order valence-electron chi connectivity index (χ2n) is 9.85. The number of carbonyl (C=O) groups is 1. The summed E-state index contributed by atoms with van der Waals surface area (Å²) in [5.74, 6) is 6.39. The zero-order valence-electron chi connectivity index (χ0n) is 21.6. The first kappa shape index (κ1) is 29.4. The molecule has 3 atom stereocenters. The van der Waals surface area contributed by atoms with Crippen LogP contribution in [-0.4, -0.2) is 47.7 Å². The highest BCUT2D eigenvalue weighted by Crippen LogP contribution is 2.36. The molecule has 5 nitrogen and oxygen atoms in total. The average molecular weight is 592 g/mol. The molecule has 1 aliphatic rings. The third-order valence-electron chi connectivity index (χ3n) is 7.34. The molecule has 1 N–H and O–H groups in total. The van der Waals surface area contributed by atoms with E-state index >= 15 is 4.39 Å². The zero-order valence-corrected chi connectivity index (χ0v) is 23.9. The van der Waals surface area contributed by atoms with Crippen LogP contribution in [0.3, 0.4) is 0 Å². The summed E-state index contributed by atoms with van der Waals surface area (Å²) >= 11 is 18.5. The van der Waals surface area contributed by atoms with Gasteiger partial charge in [-0.25, -0.2) is 4.39 Å². The third kappa shape index (κ3) is 7.77. The minimum atomic E-state index is -1.15. The first-order valence-electron chi connectivity index (χ1n) is 12.9. The number of halogens is 4. The fourth-order valence-electron chi connectivity index (χ4n) is 5.28. The van der Waals surface area contributed by atoms with Gasteiger partial charge in [0, 0.05) is 29.6 Å². The van der Waals surface area contributed by atoms with Crippen molar-refractivity contribution in [2.45, 2.75) is 38.3 Å². The van der Waals surface area contributed by atoms with Gasteiger partial charge in [0.25, 0.3) is 0 Å². The van der Waals surface area contributed by atoms with E-state index in [2.05, 4.69) is 21.7 Å². The lowest BCUT2D eigenvalue weighted by Gasteiger charge is -2.38. The Bertz CT molecular complexity index is 1370. The molecule has 0 amide bonds. The van der Waals surface area contributed by atoms with Gasteiger partial charge in [0.2, 0.25) is 0 Å². The molecule has 2 aromatic carbocycles. The largest absolute Gasteiger partial charge is 0.497 e. The van der Waals surface area contributed by atoms with E-state index in [1.165, 1.54) is 0 Å². The van der Waals surface area contributed by atoms with Gasteiger partial charge in [-0.2, -0.15) is 0 Å². The second kappa shape index (κ2) is 13.7. The van der Waals surface area contributed by atoms with Gasteiger partial charge in [-0.05, 0) is 86.0 Å². The van der Waals surface area contributed by atoms with Gasteiger partial charge in [-0.1, -0.05) is 46.6 Å². The number of rotatable bonds is 9. The van der Waals surface area contributed by atoms with E-state index in [1.807, 2.05) is 18.2 Å². The smallest absolute Gasteiger partial charge is 0.303 e. The summed E-state index contributed by atoms with van der Waals surface area (Å²) in [5, 5.41) is 11.3. The third-order valence-corrected chi connectivity index (χ3v) is 8.15. The Kier molecular flexibility index (Phi) is 10.3. The first-order chi connectivity index (χ1) is 18.7. The number of piperidine rings is 1. The molecule has 2 heterocycles. The molecule has 0 unspecified atom stereocenters. The lowest BCUT2D eigenvalue weighted by molar-refractivity contribution is -0.137. The van der Waals surface area contributed by atoms with Crippen molar-refractivity contribution in [2.75, 3.05) is 26.7 Å². The van der Waals surface area contributed by atoms with Crippen molar-refractivity contribution in [3.63, 3.8) is 0 Å². The molecule has 0 radical (unpaired) electrons. The molecule has 0 saturated carbocycles. The van der Waals surface area contributed by atoms with Gasteiger partial charge in [0.05, 0.1) is 34.8 Å². The standard InChI is InChI=1S/C30H30Cl3FN2O3/c1-39-22-6-8-29-25(17-22)23(10-12-35-29)28(34)7-4-19-11-14-36(18-20(19)5-9-30(37)38)13-2-3-24-26(32)15-21(31)16-27(24)33/h6,8,10,12,15-17,19-20,28H,4-5,7,9,11,13-14,18H2,1H3,(H,37,38)/t19-,20-,28-/m1/s1. The average Bonchev–Trinajstić information content (AvgIpc) is 2.91. The van der Waals surface area contributed by atoms with Crippen molar-refractivity contribution in [1.29, 1.82) is 0 Å². The van der Waals surface area contributed by atoms with Gasteiger partial charge < -0.3 is 9.84 Å². The maximum Gasteiger partial charge on any atom is 0.303 e. The predicted molar refractivity (Wildman–Crippen MR) is 155 cm³/mol. The summed E-state index contributed by atoms with van der Waals surface area (Å²) in [7, 11) is 1.58. The maximum atomic E-state index is 15.6. The molecule has 1 aromatic heterocycles. The van der Waals surface area contributed by atoms with Crippen LogP contribution in [0.15, 0.2) is 42.6 Å². The number of hydrogen-bond acceptors (Lipinski definition) is 4. The minimum absolute atomic E-state index is 0.0878. The summed E-state index contributed by atoms with van der Waals surface area (Å²) in [4.78, 5) is 17.9. The molecule has 9 heteroatoms. The number of benzene rings is 2. The van der Waals surface area contributed by atoms with Crippen LogP contribution in [0.25, 0.3) is 10.9 Å². The molecular formula is C30H30Cl3FN2O3. The number of alkyl halides is 1. The van der Waals surface area contributed by atoms with Crippen LogP contribution in [0, 0.1) is 23.7 Å². The minimum Gasteiger partial charge on any atom is -0.497 e. The molecule has 1 aliphatic heterocycles. The fourth-order valence-corrected chi connectivity index (χ4v) is 6.19. The number of fused-ring (bicyclic) bond motifs is 1. The topological polar surface area (TPSA) is 62.7 Å². The van der Waals surface area contributed by atoms with Crippen LogP contribution in [0.5, 0.6) is 5.75 Å². The lowest BCUT2D eigenvalue weighted by Crippen LogP contribution is -2.41. The van der Waals surface area contributed by atoms with Crippen LogP contribution in [-0.2, 0) is 4.79 Å². The SMILES string of the molecule is COc1ccc2nccc([C@H](F)CC[C@@H]3CCN(CC#Cc4c(Cl)cc(Cl)cc4Cl)C[C@H]3CCC(=O)O)c2c1. The molecule has 206 valence electrons. The Morgan fingerprint density at radius 1 is 1.18 bits per heavy atom. The summed E-state index contributed by atoms with van der Waals surface area (Å²) in [5.41, 5.74) is 1.87. The number of aliphatic carboxylic acids is 1. The van der Waals surface area contributed by atoms with E-state index in [1.54, 1.807) is 31.5 Å². The summed E-state index contributed by atoms with van der Waals surface area (Å²) < 4.78 is 20.9. The van der Waals surface area contributed by atoms with Gasteiger partial charge in [0.1, 0.15) is 11.9 Å². The van der Waals surface area contributed by atoms with Crippen molar-refractivity contribution < 1.29 is 19.0 Å². The number of aromatic nitrogens is 1.